The van der Waals surface area contributed by atoms with Gasteiger partial charge in [-0.1, -0.05) is 43.3 Å². The van der Waals surface area contributed by atoms with Crippen LogP contribution in [0.2, 0.25) is 0 Å². The maximum atomic E-state index is 12.7. The lowest BCUT2D eigenvalue weighted by Gasteiger charge is -2.28. The molecule has 3 rings (SSSR count). The highest BCUT2D eigenvalue weighted by Crippen LogP contribution is 2.33. The zero-order chi connectivity index (χ0) is 20.3. The molecule has 1 atom stereocenters. The van der Waals surface area contributed by atoms with Gasteiger partial charge in [-0.3, -0.25) is 9.36 Å². The zero-order valence-corrected chi connectivity index (χ0v) is 18.1. The fourth-order valence-electron chi connectivity index (χ4n) is 3.07. The third-order valence-electron chi connectivity index (χ3n) is 4.72. The van der Waals surface area contributed by atoms with Crippen LogP contribution in [-0.4, -0.2) is 71.2 Å². The molecule has 0 aliphatic carbocycles. The van der Waals surface area contributed by atoms with Gasteiger partial charge in [-0.15, -0.1) is 10.2 Å². The van der Waals surface area contributed by atoms with Crippen molar-refractivity contribution in [3.05, 3.63) is 29.8 Å². The predicted octanol–water partition coefficient (Wildman–Crippen LogP) is 2.62. The summed E-state index contributed by atoms with van der Waals surface area (Å²) >= 11 is 1.48. The van der Waals surface area contributed by atoms with Gasteiger partial charge in [0.05, 0.1) is 24.2 Å². The lowest BCUT2D eigenvalue weighted by Crippen LogP contribution is -2.38. The molecule has 8 heteroatoms. The molecule has 0 N–H and O–H groups in total. The number of rotatable bonds is 6. The van der Waals surface area contributed by atoms with E-state index in [4.69, 9.17) is 4.74 Å². The Kier molecular flexibility index (Phi) is 6.61. The van der Waals surface area contributed by atoms with Crippen LogP contribution in [0.5, 0.6) is 0 Å². The van der Waals surface area contributed by atoms with Gasteiger partial charge in [0.1, 0.15) is 0 Å². The number of morpholine rings is 1. The van der Waals surface area contributed by atoms with Crippen LogP contribution in [0.3, 0.4) is 0 Å². The van der Waals surface area contributed by atoms with Gasteiger partial charge in [-0.05, 0) is 25.0 Å². The topological polar surface area (TPSA) is 63.5 Å². The summed E-state index contributed by atoms with van der Waals surface area (Å²) < 4.78 is 7.55. The molecule has 1 fully saturated rings. The number of thioether (sulfide) groups is 1. The fraction of sp³-hybridized carbons (Fsp3) is 0.550. The number of nitrogens with zero attached hydrogens (tertiary/aromatic N) is 5. The quantitative estimate of drug-likeness (QED) is 0.691. The van der Waals surface area contributed by atoms with Crippen molar-refractivity contribution < 1.29 is 9.53 Å². The van der Waals surface area contributed by atoms with Crippen LogP contribution in [0, 0.1) is 12.8 Å². The van der Waals surface area contributed by atoms with E-state index in [0.29, 0.717) is 13.2 Å². The second-order valence-electron chi connectivity index (χ2n) is 7.57. The summed E-state index contributed by atoms with van der Waals surface area (Å²) in [7, 11) is 3.59. The Morgan fingerprint density at radius 2 is 1.79 bits per heavy atom. The Balaban J connectivity index is 2.01. The highest BCUT2D eigenvalue weighted by molar-refractivity contribution is 8.00. The SMILES string of the molecule is Cc1ccc(-n2c(SC(C(=O)N(C)C)C(C)C)nnc2N2CCOCC2)cc1. The van der Waals surface area contributed by atoms with Crippen molar-refractivity contribution in [2.24, 2.45) is 5.92 Å². The lowest BCUT2D eigenvalue weighted by atomic mass is 10.1. The molecular formula is C20H29N5O2S. The molecule has 0 radical (unpaired) electrons. The van der Waals surface area contributed by atoms with Gasteiger partial charge in [0.2, 0.25) is 11.9 Å². The molecule has 1 unspecified atom stereocenters. The molecule has 0 saturated carbocycles. The number of aryl methyl sites for hydroxylation is 1. The van der Waals surface area contributed by atoms with E-state index in [1.165, 1.54) is 17.3 Å². The number of carbonyl (C=O) groups is 1. The van der Waals surface area contributed by atoms with Crippen LogP contribution < -0.4 is 4.90 Å². The predicted molar refractivity (Wildman–Crippen MR) is 112 cm³/mol. The minimum absolute atomic E-state index is 0.0892. The molecule has 1 amide bonds. The number of amides is 1. The summed E-state index contributed by atoms with van der Waals surface area (Å²) in [4.78, 5) is 16.5. The fourth-order valence-corrected chi connectivity index (χ4v) is 4.26. The van der Waals surface area contributed by atoms with Gasteiger partial charge in [-0.2, -0.15) is 0 Å². The first-order chi connectivity index (χ1) is 13.4. The summed E-state index contributed by atoms with van der Waals surface area (Å²) in [6.07, 6.45) is 0. The van der Waals surface area contributed by atoms with E-state index in [0.717, 1.165) is 29.9 Å². The number of hydrogen-bond donors (Lipinski definition) is 0. The highest BCUT2D eigenvalue weighted by atomic mass is 32.2. The third kappa shape index (κ3) is 4.50. The van der Waals surface area contributed by atoms with Crippen LogP contribution in [0.1, 0.15) is 19.4 Å². The lowest BCUT2D eigenvalue weighted by molar-refractivity contribution is -0.128. The average molecular weight is 404 g/mol. The van der Waals surface area contributed by atoms with Crippen LogP contribution in [0.4, 0.5) is 5.95 Å². The van der Waals surface area contributed by atoms with E-state index < -0.39 is 0 Å². The van der Waals surface area contributed by atoms with Crippen LogP contribution in [0.15, 0.2) is 29.4 Å². The standard InChI is InChI=1S/C20H29N5O2S/c1-14(2)17(18(26)23(4)5)28-20-22-21-19(24-10-12-27-13-11-24)25(20)16-8-6-15(3)7-9-16/h6-9,14,17H,10-13H2,1-5H3. The molecule has 1 aromatic heterocycles. The van der Waals surface area contributed by atoms with Crippen LogP contribution >= 0.6 is 11.8 Å². The Morgan fingerprint density at radius 1 is 1.14 bits per heavy atom. The summed E-state index contributed by atoms with van der Waals surface area (Å²) in [5.41, 5.74) is 2.20. The second-order valence-corrected chi connectivity index (χ2v) is 8.68. The number of aromatic nitrogens is 3. The zero-order valence-electron chi connectivity index (χ0n) is 17.3. The number of anilines is 1. The molecule has 28 heavy (non-hydrogen) atoms. The normalized spacial score (nSPS) is 15.7. The number of carbonyl (C=O) groups excluding carboxylic acids is 1. The summed E-state index contributed by atoms with van der Waals surface area (Å²) in [6, 6.07) is 8.31. The summed E-state index contributed by atoms with van der Waals surface area (Å²) in [5, 5.41) is 9.48. The Morgan fingerprint density at radius 3 is 2.36 bits per heavy atom. The van der Waals surface area contributed by atoms with Crippen molar-refractivity contribution in [2.75, 3.05) is 45.3 Å². The largest absolute Gasteiger partial charge is 0.378 e. The van der Waals surface area contributed by atoms with Crippen LogP contribution in [-0.2, 0) is 9.53 Å². The summed E-state index contributed by atoms with van der Waals surface area (Å²) in [5.74, 6) is 1.07. The molecular weight excluding hydrogens is 374 g/mol. The minimum atomic E-state index is -0.221. The number of hydrogen-bond acceptors (Lipinski definition) is 6. The molecule has 2 aromatic rings. The molecule has 152 valence electrons. The maximum absolute atomic E-state index is 12.7. The monoisotopic (exact) mass is 403 g/mol. The molecule has 7 nitrogen and oxygen atoms in total. The van der Waals surface area contributed by atoms with Crippen molar-refractivity contribution in [1.29, 1.82) is 0 Å². The Hall–Kier alpha value is -2.06. The molecule has 1 aliphatic rings. The maximum Gasteiger partial charge on any atom is 0.235 e. The van der Waals surface area contributed by atoms with E-state index in [1.807, 2.05) is 0 Å². The molecule has 0 bridgehead atoms. The molecule has 0 spiro atoms. The number of ether oxygens (including phenoxy) is 1. The molecule has 2 heterocycles. The Bertz CT molecular complexity index is 797. The van der Waals surface area contributed by atoms with Crippen molar-refractivity contribution >= 4 is 23.6 Å². The van der Waals surface area contributed by atoms with E-state index in [1.54, 1.807) is 19.0 Å². The van der Waals surface area contributed by atoms with Gasteiger partial charge in [0, 0.05) is 27.2 Å². The minimum Gasteiger partial charge on any atom is -0.378 e. The first-order valence-electron chi connectivity index (χ1n) is 9.61. The molecule has 1 aliphatic heterocycles. The van der Waals surface area contributed by atoms with Gasteiger partial charge < -0.3 is 14.5 Å². The van der Waals surface area contributed by atoms with Crippen molar-refractivity contribution in [3.63, 3.8) is 0 Å². The molecule has 1 saturated heterocycles. The van der Waals surface area contributed by atoms with Crippen molar-refractivity contribution in [1.82, 2.24) is 19.7 Å². The highest BCUT2D eigenvalue weighted by Gasteiger charge is 2.29. The van der Waals surface area contributed by atoms with E-state index >= 15 is 0 Å². The van der Waals surface area contributed by atoms with Gasteiger partial charge in [0.15, 0.2) is 5.16 Å². The van der Waals surface area contributed by atoms with E-state index in [-0.39, 0.29) is 17.1 Å². The van der Waals surface area contributed by atoms with E-state index in [9.17, 15) is 4.79 Å². The number of benzene rings is 1. The van der Waals surface area contributed by atoms with Crippen LogP contribution in [0.25, 0.3) is 5.69 Å². The van der Waals surface area contributed by atoms with Crippen molar-refractivity contribution in [2.45, 2.75) is 31.2 Å². The Labute approximate surface area is 171 Å². The van der Waals surface area contributed by atoms with Gasteiger partial charge in [0.25, 0.3) is 0 Å². The van der Waals surface area contributed by atoms with Gasteiger partial charge >= 0.3 is 0 Å². The van der Waals surface area contributed by atoms with E-state index in [2.05, 4.69) is 64.7 Å². The second kappa shape index (κ2) is 8.96. The summed E-state index contributed by atoms with van der Waals surface area (Å²) in [6.45, 7) is 9.11. The van der Waals surface area contributed by atoms with Gasteiger partial charge in [-0.25, -0.2) is 0 Å². The average Bonchev–Trinajstić information content (AvgIpc) is 3.10. The molecule has 1 aromatic carbocycles. The first kappa shape index (κ1) is 20.7. The smallest absolute Gasteiger partial charge is 0.235 e. The third-order valence-corrected chi connectivity index (χ3v) is 6.20. The van der Waals surface area contributed by atoms with Crippen molar-refractivity contribution in [3.8, 4) is 5.69 Å². The first-order valence-corrected chi connectivity index (χ1v) is 10.5.